The maximum absolute atomic E-state index is 13.1. The summed E-state index contributed by atoms with van der Waals surface area (Å²) in [4.78, 5) is 25.4. The minimum absolute atomic E-state index is 0.0616. The van der Waals surface area contributed by atoms with Gasteiger partial charge >= 0.3 is 0 Å². The summed E-state index contributed by atoms with van der Waals surface area (Å²) < 4.78 is 0. The van der Waals surface area contributed by atoms with Crippen molar-refractivity contribution in [1.82, 2.24) is 20.2 Å². The van der Waals surface area contributed by atoms with E-state index in [2.05, 4.69) is 21.7 Å². The smallest absolute Gasteiger partial charge is 0.253 e. The van der Waals surface area contributed by atoms with Gasteiger partial charge in [-0.3, -0.25) is 4.79 Å². The number of rotatable bonds is 4. The molecule has 0 unspecified atom stereocenters. The number of halogens is 1. The van der Waals surface area contributed by atoms with E-state index in [0.29, 0.717) is 34.5 Å². The Morgan fingerprint density at radius 1 is 1.19 bits per heavy atom. The molecule has 3 aliphatic rings. The van der Waals surface area contributed by atoms with Crippen molar-refractivity contribution in [3.63, 3.8) is 0 Å². The van der Waals surface area contributed by atoms with E-state index < -0.39 is 0 Å². The van der Waals surface area contributed by atoms with Crippen LogP contribution in [0, 0.1) is 6.92 Å². The molecule has 1 saturated carbocycles. The summed E-state index contributed by atoms with van der Waals surface area (Å²) in [5.74, 6) is 1.59. The Hall–Kier alpha value is -2.02. The van der Waals surface area contributed by atoms with E-state index in [4.69, 9.17) is 16.6 Å². The van der Waals surface area contributed by atoms with Crippen LogP contribution in [0.25, 0.3) is 10.2 Å². The Morgan fingerprint density at radius 3 is 2.81 bits per heavy atom. The highest BCUT2D eigenvalue weighted by molar-refractivity contribution is 7.16. The van der Waals surface area contributed by atoms with Crippen molar-refractivity contribution in [2.75, 3.05) is 7.05 Å². The number of nitrogens with one attached hydrogen (secondary N) is 1. The zero-order valence-electron chi connectivity index (χ0n) is 17.6. The fraction of sp³-hybridized carbons (Fsp3) is 0.458. The number of nitrogens with zero attached hydrogens (tertiary/aromatic N) is 3. The molecule has 1 amide bonds. The second kappa shape index (κ2) is 7.26. The summed E-state index contributed by atoms with van der Waals surface area (Å²) in [6, 6.07) is 9.26. The van der Waals surface area contributed by atoms with Crippen LogP contribution in [0.3, 0.4) is 0 Å². The summed E-state index contributed by atoms with van der Waals surface area (Å²) in [6.45, 7) is 1.95. The summed E-state index contributed by atoms with van der Waals surface area (Å²) >= 11 is 8.36. The molecular weight excluding hydrogens is 428 g/mol. The lowest BCUT2D eigenvalue weighted by Crippen LogP contribution is -2.44. The van der Waals surface area contributed by atoms with Crippen LogP contribution in [0.5, 0.6) is 0 Å². The molecule has 0 spiro atoms. The van der Waals surface area contributed by atoms with Gasteiger partial charge in [0.05, 0.1) is 5.69 Å². The van der Waals surface area contributed by atoms with Crippen molar-refractivity contribution in [2.24, 2.45) is 0 Å². The Kier molecular flexibility index (Phi) is 4.60. The Bertz CT molecular complexity index is 1190. The highest BCUT2D eigenvalue weighted by atomic mass is 35.5. The normalized spacial score (nSPS) is 28.9. The van der Waals surface area contributed by atoms with E-state index in [1.807, 2.05) is 37.1 Å². The first-order valence-electron chi connectivity index (χ1n) is 11.0. The lowest BCUT2D eigenvalue weighted by atomic mass is 9.94. The van der Waals surface area contributed by atoms with Crippen molar-refractivity contribution in [3.8, 4) is 0 Å². The van der Waals surface area contributed by atoms with Gasteiger partial charge < -0.3 is 10.2 Å². The number of amides is 1. The Labute approximate surface area is 190 Å². The third kappa shape index (κ3) is 3.27. The van der Waals surface area contributed by atoms with Gasteiger partial charge in [-0.1, -0.05) is 17.7 Å². The van der Waals surface area contributed by atoms with E-state index in [-0.39, 0.29) is 11.9 Å². The topological polar surface area (TPSA) is 58.1 Å². The number of hydrogen-bond donors (Lipinski definition) is 1. The monoisotopic (exact) mass is 452 g/mol. The second-order valence-corrected chi connectivity index (χ2v) is 10.5. The van der Waals surface area contributed by atoms with Crippen molar-refractivity contribution in [3.05, 3.63) is 57.3 Å². The van der Waals surface area contributed by atoms with E-state index in [1.54, 1.807) is 11.3 Å². The van der Waals surface area contributed by atoms with Crippen molar-refractivity contribution < 1.29 is 4.79 Å². The molecule has 2 saturated heterocycles. The number of aryl methyl sites for hydroxylation is 1. The third-order valence-electron chi connectivity index (χ3n) is 7.34. The average Bonchev–Trinajstić information content (AvgIpc) is 3.10. The molecule has 2 aliphatic heterocycles. The number of carbonyl (C=O) groups excluding carboxylic acids is 1. The quantitative estimate of drug-likeness (QED) is 0.612. The molecule has 1 aromatic carbocycles. The van der Waals surface area contributed by atoms with Crippen molar-refractivity contribution >= 4 is 39.1 Å². The van der Waals surface area contributed by atoms with E-state index in [0.717, 1.165) is 46.6 Å². The van der Waals surface area contributed by atoms with Gasteiger partial charge in [0.15, 0.2) is 0 Å². The first-order valence-corrected chi connectivity index (χ1v) is 12.3. The van der Waals surface area contributed by atoms with E-state index in [9.17, 15) is 4.79 Å². The van der Waals surface area contributed by atoms with Gasteiger partial charge in [0.1, 0.15) is 10.7 Å². The second-order valence-electron chi connectivity index (χ2n) is 9.25. The van der Waals surface area contributed by atoms with Crippen molar-refractivity contribution in [1.29, 1.82) is 0 Å². The van der Waals surface area contributed by atoms with Gasteiger partial charge in [-0.15, -0.1) is 11.3 Å². The first-order chi connectivity index (χ1) is 15.0. The molecule has 1 aliphatic carbocycles. The number of aromatic nitrogens is 2. The van der Waals surface area contributed by atoms with Crippen LogP contribution in [-0.2, 0) is 0 Å². The Morgan fingerprint density at radius 2 is 2.06 bits per heavy atom. The molecule has 1 N–H and O–H groups in total. The number of carbonyl (C=O) groups is 1. The van der Waals surface area contributed by atoms with Gasteiger partial charge in [-0.05, 0) is 67.7 Å². The van der Waals surface area contributed by atoms with Crippen LogP contribution >= 0.6 is 22.9 Å². The van der Waals surface area contributed by atoms with Gasteiger partial charge in [0, 0.05) is 47.1 Å². The van der Waals surface area contributed by atoms with E-state index >= 15 is 0 Å². The number of fused-ring (bicyclic) bond motifs is 3. The predicted molar refractivity (Wildman–Crippen MR) is 124 cm³/mol. The predicted octanol–water partition coefficient (Wildman–Crippen LogP) is 4.89. The number of likely N-dealkylation sites (N-methyl/N-ethyl adjacent to an activating group) is 1. The molecule has 3 fully saturated rings. The molecule has 2 bridgehead atoms. The zero-order chi connectivity index (χ0) is 21.3. The molecule has 2 aromatic heterocycles. The first kappa shape index (κ1) is 19.6. The summed E-state index contributed by atoms with van der Waals surface area (Å²) in [5, 5.41) is 7.54. The van der Waals surface area contributed by atoms with Gasteiger partial charge in [0.2, 0.25) is 0 Å². The molecule has 6 rings (SSSR count). The summed E-state index contributed by atoms with van der Waals surface area (Å²) in [7, 11) is 1.93. The molecule has 3 aromatic rings. The van der Waals surface area contributed by atoms with Gasteiger partial charge in [-0.25, -0.2) is 9.97 Å². The maximum Gasteiger partial charge on any atom is 0.253 e. The number of benzene rings is 1. The molecule has 160 valence electrons. The molecule has 7 heteroatoms. The van der Waals surface area contributed by atoms with Crippen LogP contribution < -0.4 is 5.32 Å². The molecule has 0 radical (unpaired) electrons. The van der Waals surface area contributed by atoms with Gasteiger partial charge in [-0.2, -0.15) is 0 Å². The van der Waals surface area contributed by atoms with Crippen LogP contribution in [0.1, 0.15) is 65.0 Å². The average molecular weight is 453 g/mol. The summed E-state index contributed by atoms with van der Waals surface area (Å²) in [5.41, 5.74) is 2.93. The van der Waals surface area contributed by atoms with Crippen LogP contribution in [-0.4, -0.2) is 45.9 Å². The lowest BCUT2D eigenvalue weighted by Gasteiger charge is -2.30. The number of thiophene rings is 1. The molecule has 31 heavy (non-hydrogen) atoms. The summed E-state index contributed by atoms with van der Waals surface area (Å²) in [6.07, 6.45) is 4.48. The van der Waals surface area contributed by atoms with Crippen LogP contribution in [0.2, 0.25) is 5.02 Å². The molecule has 4 heterocycles. The van der Waals surface area contributed by atoms with E-state index in [1.165, 1.54) is 6.42 Å². The highest BCUT2D eigenvalue weighted by Crippen LogP contribution is 2.57. The Balaban J connectivity index is 1.22. The van der Waals surface area contributed by atoms with Gasteiger partial charge in [0.25, 0.3) is 5.91 Å². The fourth-order valence-electron chi connectivity index (χ4n) is 5.65. The molecular formula is C24H25ClN4OS. The number of hydrogen-bond acceptors (Lipinski definition) is 5. The standard InChI is InChI=1S/C24H25ClN4OS/c1-12-26-22(16-7-8-31-23(16)27-12)18-11-17(18)15-5-3-13(9-19(15)25)24(30)29(2)21-10-14-4-6-20(21)28-14/h3,5,7-9,14,17-18,20-21,28H,4,6,10-11H2,1-2H3/t14-,17-,18+,20+,21-/m1/s1. The molecule has 5 atom stereocenters. The third-order valence-corrected chi connectivity index (χ3v) is 8.47. The zero-order valence-corrected chi connectivity index (χ0v) is 19.2. The van der Waals surface area contributed by atoms with Crippen molar-refractivity contribution in [2.45, 2.75) is 62.6 Å². The molecule has 5 nitrogen and oxygen atoms in total. The minimum atomic E-state index is 0.0616. The minimum Gasteiger partial charge on any atom is -0.337 e. The fourth-order valence-corrected chi connectivity index (χ4v) is 6.79. The van der Waals surface area contributed by atoms with Crippen LogP contribution in [0.15, 0.2) is 29.6 Å². The maximum atomic E-state index is 13.1. The largest absolute Gasteiger partial charge is 0.337 e. The SMILES string of the molecule is Cc1nc([C@H]2C[C@@H]2c2ccc(C(=O)N(C)[C@@H]3C[C@H]4CC[C@@H]3N4)cc2Cl)c2ccsc2n1. The lowest BCUT2D eigenvalue weighted by molar-refractivity contribution is 0.0709. The highest BCUT2D eigenvalue weighted by Gasteiger charge is 2.44. The van der Waals surface area contributed by atoms with Crippen LogP contribution in [0.4, 0.5) is 0 Å².